The van der Waals surface area contributed by atoms with Gasteiger partial charge in [-0.3, -0.25) is 4.98 Å². The summed E-state index contributed by atoms with van der Waals surface area (Å²) in [6, 6.07) is 16.3. The molecule has 0 saturated carbocycles. The summed E-state index contributed by atoms with van der Waals surface area (Å²) in [5.41, 5.74) is 2.25. The molecule has 0 spiro atoms. The third kappa shape index (κ3) is 4.14. The maximum atomic E-state index is 5.45. The Morgan fingerprint density at radius 3 is 2.63 bits per heavy atom. The van der Waals surface area contributed by atoms with Gasteiger partial charge in [-0.1, -0.05) is 23.4 Å². The Bertz CT molecular complexity index is 1030. The molecule has 4 aromatic rings. The molecule has 0 aliphatic heterocycles. The molecule has 4 rings (SSSR count). The van der Waals surface area contributed by atoms with Gasteiger partial charge < -0.3 is 9.26 Å². The minimum atomic E-state index is 0.568. The molecule has 0 radical (unpaired) electrons. The SMILES string of the molecule is COc1ccc(CCCCc2noc(-c3ccc4cnccc4c3)n2)cc1. The van der Waals surface area contributed by atoms with Crippen molar-refractivity contribution in [2.45, 2.75) is 25.7 Å². The topological polar surface area (TPSA) is 61.0 Å². The lowest BCUT2D eigenvalue weighted by molar-refractivity contribution is 0.414. The van der Waals surface area contributed by atoms with Gasteiger partial charge in [0.1, 0.15) is 5.75 Å². The van der Waals surface area contributed by atoms with Gasteiger partial charge in [0.15, 0.2) is 5.82 Å². The van der Waals surface area contributed by atoms with E-state index in [4.69, 9.17) is 9.26 Å². The summed E-state index contributed by atoms with van der Waals surface area (Å²) in [5, 5.41) is 6.33. The van der Waals surface area contributed by atoms with E-state index in [0.29, 0.717) is 5.89 Å². The van der Waals surface area contributed by atoms with Gasteiger partial charge in [0.05, 0.1) is 7.11 Å². The first-order valence-corrected chi connectivity index (χ1v) is 9.11. The summed E-state index contributed by atoms with van der Waals surface area (Å²) in [4.78, 5) is 8.68. The molecule has 0 unspecified atom stereocenters. The highest BCUT2D eigenvalue weighted by atomic mass is 16.5. The van der Waals surface area contributed by atoms with Crippen LogP contribution in [0.2, 0.25) is 0 Å². The van der Waals surface area contributed by atoms with Crippen LogP contribution in [0.5, 0.6) is 5.75 Å². The van der Waals surface area contributed by atoms with Gasteiger partial charge in [0.25, 0.3) is 5.89 Å². The predicted molar refractivity (Wildman–Crippen MR) is 105 cm³/mol. The number of nitrogens with zero attached hydrogens (tertiary/aromatic N) is 3. The fraction of sp³-hybridized carbons (Fsp3) is 0.227. The second kappa shape index (κ2) is 7.99. The average molecular weight is 359 g/mol. The maximum absolute atomic E-state index is 5.45. The zero-order valence-corrected chi connectivity index (χ0v) is 15.3. The van der Waals surface area contributed by atoms with Crippen LogP contribution in [0.4, 0.5) is 0 Å². The number of unbranched alkanes of at least 4 members (excludes halogenated alkanes) is 1. The van der Waals surface area contributed by atoms with E-state index in [0.717, 1.165) is 53.6 Å². The zero-order chi connectivity index (χ0) is 18.5. The number of hydrogen-bond acceptors (Lipinski definition) is 5. The lowest BCUT2D eigenvalue weighted by atomic mass is 10.1. The first-order valence-electron chi connectivity index (χ1n) is 9.11. The lowest BCUT2D eigenvalue weighted by Crippen LogP contribution is -1.92. The molecule has 0 atom stereocenters. The van der Waals surface area contributed by atoms with Crippen molar-refractivity contribution in [3.8, 4) is 17.2 Å². The maximum Gasteiger partial charge on any atom is 0.257 e. The number of rotatable bonds is 7. The van der Waals surface area contributed by atoms with Crippen LogP contribution >= 0.6 is 0 Å². The summed E-state index contributed by atoms with van der Waals surface area (Å²) < 4.78 is 10.6. The number of methoxy groups -OCH3 is 1. The van der Waals surface area contributed by atoms with Gasteiger partial charge in [0.2, 0.25) is 0 Å². The predicted octanol–water partition coefficient (Wildman–Crippen LogP) is 4.86. The quantitative estimate of drug-likeness (QED) is 0.441. The zero-order valence-electron chi connectivity index (χ0n) is 15.3. The highest BCUT2D eigenvalue weighted by Gasteiger charge is 2.09. The van der Waals surface area contributed by atoms with E-state index in [1.54, 1.807) is 13.3 Å². The molecule has 0 aliphatic rings. The fourth-order valence-electron chi connectivity index (χ4n) is 3.09. The van der Waals surface area contributed by atoms with E-state index >= 15 is 0 Å². The van der Waals surface area contributed by atoms with E-state index in [9.17, 15) is 0 Å². The number of ether oxygens (including phenoxy) is 1. The van der Waals surface area contributed by atoms with Crippen molar-refractivity contribution < 1.29 is 9.26 Å². The first kappa shape index (κ1) is 17.2. The van der Waals surface area contributed by atoms with Gasteiger partial charge in [-0.15, -0.1) is 0 Å². The molecule has 0 N–H and O–H groups in total. The number of pyridine rings is 1. The molecule has 0 aliphatic carbocycles. The number of fused-ring (bicyclic) bond motifs is 1. The molecular weight excluding hydrogens is 338 g/mol. The van der Waals surface area contributed by atoms with Crippen molar-refractivity contribution in [3.05, 3.63) is 72.3 Å². The lowest BCUT2D eigenvalue weighted by Gasteiger charge is -2.02. The molecule has 5 nitrogen and oxygen atoms in total. The van der Waals surface area contributed by atoms with E-state index in [-0.39, 0.29) is 0 Å². The standard InChI is InChI=1S/C22H21N3O2/c1-26-20-10-6-16(7-11-20)4-2-3-5-21-24-22(27-25-21)18-8-9-19-15-23-13-12-17(19)14-18/h6-15H,2-5H2,1H3. The molecule has 0 fully saturated rings. The van der Waals surface area contributed by atoms with Gasteiger partial charge in [-0.05, 0) is 60.5 Å². The second-order valence-electron chi connectivity index (χ2n) is 6.51. The summed E-state index contributed by atoms with van der Waals surface area (Å²) in [7, 11) is 1.68. The molecule has 27 heavy (non-hydrogen) atoms. The van der Waals surface area contributed by atoms with Crippen LogP contribution in [0.15, 0.2) is 65.4 Å². The van der Waals surface area contributed by atoms with Crippen molar-refractivity contribution in [3.63, 3.8) is 0 Å². The largest absolute Gasteiger partial charge is 0.497 e. The number of aryl methyl sites for hydroxylation is 2. The van der Waals surface area contributed by atoms with Gasteiger partial charge in [0, 0.05) is 29.8 Å². The Hall–Kier alpha value is -3.21. The van der Waals surface area contributed by atoms with Gasteiger partial charge >= 0.3 is 0 Å². The normalized spacial score (nSPS) is 11.0. The Morgan fingerprint density at radius 2 is 1.78 bits per heavy atom. The molecule has 2 heterocycles. The number of hydrogen-bond donors (Lipinski definition) is 0. The molecule has 2 aromatic carbocycles. The van der Waals surface area contributed by atoms with Crippen LogP contribution in [0.3, 0.4) is 0 Å². The highest BCUT2D eigenvalue weighted by Crippen LogP contribution is 2.23. The Morgan fingerprint density at radius 1 is 0.926 bits per heavy atom. The molecule has 5 heteroatoms. The van der Waals surface area contributed by atoms with Crippen LogP contribution in [-0.2, 0) is 12.8 Å². The van der Waals surface area contributed by atoms with Crippen LogP contribution in [0.25, 0.3) is 22.2 Å². The minimum absolute atomic E-state index is 0.568. The van der Waals surface area contributed by atoms with Crippen LogP contribution in [-0.4, -0.2) is 22.2 Å². The molecule has 2 aromatic heterocycles. The number of benzene rings is 2. The molecule has 0 saturated heterocycles. The Kier molecular flexibility index (Phi) is 5.10. The van der Waals surface area contributed by atoms with Crippen molar-refractivity contribution in [1.82, 2.24) is 15.1 Å². The van der Waals surface area contributed by atoms with Crippen molar-refractivity contribution in [1.29, 1.82) is 0 Å². The number of aromatic nitrogens is 3. The second-order valence-corrected chi connectivity index (χ2v) is 6.51. The Balaban J connectivity index is 1.33. The third-order valence-electron chi connectivity index (χ3n) is 4.63. The minimum Gasteiger partial charge on any atom is -0.497 e. The smallest absolute Gasteiger partial charge is 0.257 e. The van der Waals surface area contributed by atoms with E-state index < -0.39 is 0 Å². The van der Waals surface area contributed by atoms with Gasteiger partial charge in [-0.25, -0.2) is 0 Å². The third-order valence-corrected chi connectivity index (χ3v) is 4.63. The molecule has 0 bridgehead atoms. The van der Waals surface area contributed by atoms with E-state index in [1.807, 2.05) is 36.5 Å². The van der Waals surface area contributed by atoms with E-state index in [1.165, 1.54) is 5.56 Å². The van der Waals surface area contributed by atoms with Crippen molar-refractivity contribution >= 4 is 10.8 Å². The molecular formula is C22H21N3O2. The highest BCUT2D eigenvalue weighted by molar-refractivity contribution is 5.85. The monoisotopic (exact) mass is 359 g/mol. The first-order chi connectivity index (χ1) is 13.3. The summed E-state index contributed by atoms with van der Waals surface area (Å²) in [5.74, 6) is 2.22. The Labute approximate surface area is 158 Å². The fourth-order valence-corrected chi connectivity index (χ4v) is 3.09. The van der Waals surface area contributed by atoms with Crippen LogP contribution in [0, 0.1) is 0 Å². The van der Waals surface area contributed by atoms with Crippen LogP contribution in [0.1, 0.15) is 24.2 Å². The van der Waals surface area contributed by atoms with E-state index in [2.05, 4.69) is 33.3 Å². The summed E-state index contributed by atoms with van der Waals surface area (Å²) >= 11 is 0. The van der Waals surface area contributed by atoms with Gasteiger partial charge in [-0.2, -0.15) is 4.98 Å². The van der Waals surface area contributed by atoms with Crippen molar-refractivity contribution in [2.75, 3.05) is 7.11 Å². The summed E-state index contributed by atoms with van der Waals surface area (Å²) in [6.07, 6.45) is 7.59. The summed E-state index contributed by atoms with van der Waals surface area (Å²) in [6.45, 7) is 0. The molecule has 0 amide bonds. The van der Waals surface area contributed by atoms with Crippen molar-refractivity contribution in [2.24, 2.45) is 0 Å². The average Bonchev–Trinajstić information content (AvgIpc) is 3.20. The molecule has 136 valence electrons. The van der Waals surface area contributed by atoms with Crippen LogP contribution < -0.4 is 4.74 Å².